The number of hydrogen-bond acceptors (Lipinski definition) is 3. The number of benzene rings is 2. The first-order valence-corrected chi connectivity index (χ1v) is 8.89. The molecule has 0 saturated carbocycles. The Labute approximate surface area is 149 Å². The summed E-state index contributed by atoms with van der Waals surface area (Å²) >= 11 is 0. The summed E-state index contributed by atoms with van der Waals surface area (Å²) in [6, 6.07) is 8.50. The molecule has 5 nitrogen and oxygen atoms in total. The number of anilines is 1. The first-order valence-electron chi connectivity index (χ1n) is 7.45. The molecule has 0 aromatic heterocycles. The molecule has 0 aliphatic carbocycles. The fourth-order valence-electron chi connectivity index (χ4n) is 2.25. The fraction of sp³-hybridized carbons (Fsp3) is 0.235. The third kappa shape index (κ3) is 4.05. The topological polar surface area (TPSA) is 66.5 Å². The van der Waals surface area contributed by atoms with Crippen LogP contribution in [0.3, 0.4) is 0 Å². The van der Waals surface area contributed by atoms with Gasteiger partial charge in [-0.25, -0.2) is 12.7 Å². The number of alkyl halides is 3. The third-order valence-corrected chi connectivity index (χ3v) is 5.65. The monoisotopic (exact) mass is 386 g/mol. The van der Waals surface area contributed by atoms with E-state index in [2.05, 4.69) is 5.32 Å². The zero-order chi connectivity index (χ0) is 19.7. The van der Waals surface area contributed by atoms with Gasteiger partial charge in [-0.3, -0.25) is 4.79 Å². The highest BCUT2D eigenvalue weighted by Gasteiger charge is 2.33. The summed E-state index contributed by atoms with van der Waals surface area (Å²) in [6.07, 6.45) is -4.63. The Kier molecular flexibility index (Phi) is 5.43. The van der Waals surface area contributed by atoms with Gasteiger partial charge in [-0.2, -0.15) is 13.2 Å². The summed E-state index contributed by atoms with van der Waals surface area (Å²) in [7, 11) is -1.10. The summed E-state index contributed by atoms with van der Waals surface area (Å²) in [5, 5.41) is 2.19. The Balaban J connectivity index is 2.42. The molecular formula is C17H17F3N2O3S. The molecule has 26 heavy (non-hydrogen) atoms. The number of hydrogen-bond donors (Lipinski definition) is 1. The summed E-state index contributed by atoms with van der Waals surface area (Å²) < 4.78 is 64.7. The number of carbonyl (C=O) groups is 1. The summed E-state index contributed by atoms with van der Waals surface area (Å²) in [5.74, 6) is -0.836. The van der Waals surface area contributed by atoms with E-state index in [0.29, 0.717) is 5.56 Å². The number of carbonyl (C=O) groups excluding carboxylic acids is 1. The van der Waals surface area contributed by atoms with Gasteiger partial charge in [-0.1, -0.05) is 18.2 Å². The Morgan fingerprint density at radius 2 is 1.69 bits per heavy atom. The average Bonchev–Trinajstić information content (AvgIpc) is 2.54. The molecule has 0 atom stereocenters. The van der Waals surface area contributed by atoms with Crippen molar-refractivity contribution >= 4 is 21.6 Å². The Hall–Kier alpha value is -2.39. The van der Waals surface area contributed by atoms with Crippen LogP contribution in [0.2, 0.25) is 0 Å². The summed E-state index contributed by atoms with van der Waals surface area (Å²) in [5.41, 5.74) is -1.02. The van der Waals surface area contributed by atoms with Crippen LogP contribution in [-0.4, -0.2) is 32.7 Å². The van der Waals surface area contributed by atoms with Crippen LogP contribution in [0.15, 0.2) is 47.4 Å². The minimum absolute atomic E-state index is 0.0620. The van der Waals surface area contributed by atoms with E-state index in [0.717, 1.165) is 22.5 Å². The lowest BCUT2D eigenvalue weighted by Gasteiger charge is -2.16. The summed E-state index contributed by atoms with van der Waals surface area (Å²) in [6.45, 7) is 1.57. The van der Waals surface area contributed by atoms with Crippen LogP contribution in [0.5, 0.6) is 0 Å². The predicted molar refractivity (Wildman–Crippen MR) is 91.4 cm³/mol. The van der Waals surface area contributed by atoms with E-state index in [1.807, 2.05) is 0 Å². The molecule has 9 heteroatoms. The molecule has 0 unspecified atom stereocenters. The Morgan fingerprint density at radius 3 is 2.27 bits per heavy atom. The number of rotatable bonds is 4. The molecule has 0 spiro atoms. The highest BCUT2D eigenvalue weighted by Crippen LogP contribution is 2.34. The lowest BCUT2D eigenvalue weighted by molar-refractivity contribution is -0.136. The van der Waals surface area contributed by atoms with Gasteiger partial charge in [0.15, 0.2) is 0 Å². The highest BCUT2D eigenvalue weighted by atomic mass is 32.2. The Morgan fingerprint density at radius 1 is 1.08 bits per heavy atom. The minimum Gasteiger partial charge on any atom is -0.321 e. The molecule has 0 aliphatic heterocycles. The quantitative estimate of drug-likeness (QED) is 0.874. The van der Waals surface area contributed by atoms with Gasteiger partial charge < -0.3 is 5.32 Å². The van der Waals surface area contributed by atoms with Gasteiger partial charge in [0.25, 0.3) is 5.91 Å². The van der Waals surface area contributed by atoms with Crippen molar-refractivity contribution in [3.63, 3.8) is 0 Å². The van der Waals surface area contributed by atoms with E-state index in [1.165, 1.54) is 38.4 Å². The standard InChI is InChI=1S/C17H17F3N2O3S/c1-11-8-9-12(10-15(11)26(24,25)22(2)3)16(23)21-14-7-5-4-6-13(14)17(18,19)20/h4-10H,1-3H3,(H,21,23). The number of sulfonamides is 1. The normalized spacial score (nSPS) is 12.3. The van der Waals surface area contributed by atoms with Gasteiger partial charge in [-0.15, -0.1) is 0 Å². The van der Waals surface area contributed by atoms with Crippen molar-refractivity contribution in [3.8, 4) is 0 Å². The molecule has 2 aromatic carbocycles. The molecule has 0 radical (unpaired) electrons. The van der Waals surface area contributed by atoms with Gasteiger partial charge in [0.1, 0.15) is 0 Å². The van der Waals surface area contributed by atoms with Crippen LogP contribution >= 0.6 is 0 Å². The second kappa shape index (κ2) is 7.08. The number of aryl methyl sites for hydroxylation is 1. The van der Waals surface area contributed by atoms with E-state index in [-0.39, 0.29) is 10.5 Å². The van der Waals surface area contributed by atoms with Crippen LogP contribution in [0.1, 0.15) is 21.5 Å². The molecule has 140 valence electrons. The van der Waals surface area contributed by atoms with E-state index in [9.17, 15) is 26.4 Å². The van der Waals surface area contributed by atoms with Gasteiger partial charge >= 0.3 is 6.18 Å². The number of amides is 1. The third-order valence-electron chi connectivity index (χ3n) is 3.69. The molecule has 0 bridgehead atoms. The number of para-hydroxylation sites is 1. The van der Waals surface area contributed by atoms with Gasteiger partial charge in [0.05, 0.1) is 16.1 Å². The number of nitrogens with one attached hydrogen (secondary N) is 1. The second-order valence-corrected chi connectivity index (χ2v) is 7.89. The lowest BCUT2D eigenvalue weighted by atomic mass is 10.1. The first kappa shape index (κ1) is 19.9. The van der Waals surface area contributed by atoms with Crippen molar-refractivity contribution in [1.82, 2.24) is 4.31 Å². The molecule has 2 aromatic rings. The van der Waals surface area contributed by atoms with Crippen molar-refractivity contribution < 1.29 is 26.4 Å². The second-order valence-electron chi connectivity index (χ2n) is 5.77. The van der Waals surface area contributed by atoms with Crippen molar-refractivity contribution in [2.24, 2.45) is 0 Å². The van der Waals surface area contributed by atoms with E-state index in [1.54, 1.807) is 6.92 Å². The number of halogens is 3. The van der Waals surface area contributed by atoms with Crippen LogP contribution in [0.4, 0.5) is 18.9 Å². The van der Waals surface area contributed by atoms with Gasteiger partial charge in [0, 0.05) is 19.7 Å². The van der Waals surface area contributed by atoms with Gasteiger partial charge in [-0.05, 0) is 36.8 Å². The smallest absolute Gasteiger partial charge is 0.321 e. The maximum absolute atomic E-state index is 13.0. The van der Waals surface area contributed by atoms with Crippen molar-refractivity contribution in [2.45, 2.75) is 18.0 Å². The lowest BCUT2D eigenvalue weighted by Crippen LogP contribution is -2.24. The molecule has 1 N–H and O–H groups in total. The minimum atomic E-state index is -4.63. The maximum atomic E-state index is 13.0. The fourth-order valence-corrected chi connectivity index (χ4v) is 3.39. The molecule has 0 heterocycles. The van der Waals surface area contributed by atoms with E-state index >= 15 is 0 Å². The average molecular weight is 386 g/mol. The van der Waals surface area contributed by atoms with E-state index in [4.69, 9.17) is 0 Å². The van der Waals surface area contributed by atoms with Crippen LogP contribution in [0.25, 0.3) is 0 Å². The molecule has 2 rings (SSSR count). The van der Waals surface area contributed by atoms with Crippen LogP contribution in [-0.2, 0) is 16.2 Å². The number of nitrogens with zero attached hydrogens (tertiary/aromatic N) is 1. The van der Waals surface area contributed by atoms with Gasteiger partial charge in [0.2, 0.25) is 10.0 Å². The molecule has 0 fully saturated rings. The molecule has 1 amide bonds. The maximum Gasteiger partial charge on any atom is 0.418 e. The Bertz CT molecular complexity index is 939. The SMILES string of the molecule is Cc1ccc(C(=O)Nc2ccccc2C(F)(F)F)cc1S(=O)(=O)N(C)C. The zero-order valence-electron chi connectivity index (χ0n) is 14.3. The van der Waals surface area contributed by atoms with Crippen molar-refractivity contribution in [1.29, 1.82) is 0 Å². The van der Waals surface area contributed by atoms with E-state index < -0.39 is 33.4 Å². The summed E-state index contributed by atoms with van der Waals surface area (Å²) in [4.78, 5) is 12.3. The van der Waals surface area contributed by atoms with Crippen LogP contribution in [0, 0.1) is 6.92 Å². The predicted octanol–water partition coefficient (Wildman–Crippen LogP) is 3.52. The molecule has 0 aliphatic rings. The van der Waals surface area contributed by atoms with Crippen molar-refractivity contribution in [3.05, 3.63) is 59.2 Å². The largest absolute Gasteiger partial charge is 0.418 e. The molecule has 0 saturated heterocycles. The highest BCUT2D eigenvalue weighted by molar-refractivity contribution is 7.89. The molecular weight excluding hydrogens is 369 g/mol. The zero-order valence-corrected chi connectivity index (χ0v) is 15.1. The van der Waals surface area contributed by atoms with Crippen molar-refractivity contribution in [2.75, 3.05) is 19.4 Å². The van der Waals surface area contributed by atoms with Crippen LogP contribution < -0.4 is 5.32 Å². The first-order chi connectivity index (χ1) is 11.9.